The van der Waals surface area contributed by atoms with E-state index in [2.05, 4.69) is 11.1 Å². The Hall–Kier alpha value is -1.38. The van der Waals surface area contributed by atoms with Crippen LogP contribution >= 0.6 is 23.1 Å². The van der Waals surface area contributed by atoms with E-state index in [1.807, 2.05) is 11.4 Å². The van der Waals surface area contributed by atoms with Crippen LogP contribution in [0.5, 0.6) is 0 Å². The lowest BCUT2D eigenvalue weighted by atomic mass is 10.3. The second-order valence-electron chi connectivity index (χ2n) is 3.29. The maximum atomic E-state index is 13.3. The molecule has 0 N–H and O–H groups in total. The van der Waals surface area contributed by atoms with Crippen LogP contribution in [0.15, 0.2) is 34.5 Å². The molecule has 0 saturated heterocycles. The minimum Gasteiger partial charge on any atom is -0.244 e. The van der Waals surface area contributed by atoms with Gasteiger partial charge in [-0.1, -0.05) is 12.1 Å². The number of benzene rings is 1. The Morgan fingerprint density at radius 1 is 1.41 bits per heavy atom. The van der Waals surface area contributed by atoms with Crippen LogP contribution in [0.3, 0.4) is 0 Å². The van der Waals surface area contributed by atoms with E-state index in [0.717, 1.165) is 10.7 Å². The van der Waals surface area contributed by atoms with Gasteiger partial charge in [-0.2, -0.15) is 5.26 Å². The minimum atomic E-state index is -0.202. The van der Waals surface area contributed by atoms with E-state index in [9.17, 15) is 4.39 Å². The summed E-state index contributed by atoms with van der Waals surface area (Å²) in [6.07, 6.45) is 0.334. The van der Waals surface area contributed by atoms with E-state index < -0.39 is 0 Å². The molecule has 5 heteroatoms. The lowest BCUT2D eigenvalue weighted by Gasteiger charge is -2.00. The number of hydrogen-bond donors (Lipinski definition) is 0. The van der Waals surface area contributed by atoms with E-state index in [4.69, 9.17) is 5.26 Å². The van der Waals surface area contributed by atoms with Gasteiger partial charge in [0.2, 0.25) is 0 Å². The summed E-state index contributed by atoms with van der Waals surface area (Å²) in [7, 11) is 0. The van der Waals surface area contributed by atoms with E-state index >= 15 is 0 Å². The standard InChI is InChI=1S/C12H9FN2S2/c13-10-3-1-2-4-11(10)16-8-12-15-9(5-6-14)7-17-12/h1-4,7H,5,8H2. The van der Waals surface area contributed by atoms with Gasteiger partial charge in [0.25, 0.3) is 0 Å². The van der Waals surface area contributed by atoms with Crippen LogP contribution in [-0.4, -0.2) is 4.98 Å². The van der Waals surface area contributed by atoms with Gasteiger partial charge in [-0.3, -0.25) is 0 Å². The maximum absolute atomic E-state index is 13.3. The van der Waals surface area contributed by atoms with Crippen molar-refractivity contribution in [3.63, 3.8) is 0 Å². The van der Waals surface area contributed by atoms with Crippen LogP contribution in [0.1, 0.15) is 10.7 Å². The molecule has 0 spiro atoms. The molecule has 86 valence electrons. The molecule has 0 aliphatic heterocycles. The fraction of sp³-hybridized carbons (Fsp3) is 0.167. The fourth-order valence-corrected chi connectivity index (χ4v) is 3.03. The van der Waals surface area contributed by atoms with Gasteiger partial charge in [-0.25, -0.2) is 9.37 Å². The summed E-state index contributed by atoms with van der Waals surface area (Å²) < 4.78 is 13.3. The number of rotatable bonds is 4. The molecular weight excluding hydrogens is 255 g/mol. The third-order valence-electron chi connectivity index (χ3n) is 2.05. The molecule has 1 aromatic heterocycles. The second kappa shape index (κ2) is 5.80. The Labute approximate surface area is 107 Å². The highest BCUT2D eigenvalue weighted by Crippen LogP contribution is 2.26. The normalized spacial score (nSPS) is 10.1. The predicted molar refractivity (Wildman–Crippen MR) is 67.4 cm³/mol. The van der Waals surface area contributed by atoms with Crippen LogP contribution in [0.2, 0.25) is 0 Å². The van der Waals surface area contributed by atoms with E-state index in [-0.39, 0.29) is 5.82 Å². The smallest absolute Gasteiger partial charge is 0.136 e. The SMILES string of the molecule is N#CCc1csc(CSc2ccccc2F)n1. The first-order chi connectivity index (χ1) is 8.29. The summed E-state index contributed by atoms with van der Waals surface area (Å²) in [5.41, 5.74) is 0.793. The highest BCUT2D eigenvalue weighted by Gasteiger charge is 2.05. The molecule has 17 heavy (non-hydrogen) atoms. The third kappa shape index (κ3) is 3.29. The fourth-order valence-electron chi connectivity index (χ4n) is 1.28. The van der Waals surface area contributed by atoms with Crippen LogP contribution in [0.25, 0.3) is 0 Å². The molecule has 0 bridgehead atoms. The van der Waals surface area contributed by atoms with Gasteiger partial charge in [0.05, 0.1) is 23.9 Å². The van der Waals surface area contributed by atoms with Crippen molar-refractivity contribution in [3.8, 4) is 6.07 Å². The molecular formula is C12H9FN2S2. The van der Waals surface area contributed by atoms with Crippen molar-refractivity contribution >= 4 is 23.1 Å². The molecule has 2 nitrogen and oxygen atoms in total. The van der Waals surface area contributed by atoms with Crippen molar-refractivity contribution in [2.75, 3.05) is 0 Å². The Morgan fingerprint density at radius 3 is 3.00 bits per heavy atom. The van der Waals surface area contributed by atoms with Gasteiger partial charge in [0, 0.05) is 10.3 Å². The van der Waals surface area contributed by atoms with E-state index in [0.29, 0.717) is 17.1 Å². The minimum absolute atomic E-state index is 0.202. The Balaban J connectivity index is 1.98. The van der Waals surface area contributed by atoms with Crippen molar-refractivity contribution in [2.45, 2.75) is 17.1 Å². The Kier molecular flexibility index (Phi) is 4.13. The molecule has 1 heterocycles. The number of aromatic nitrogens is 1. The Bertz CT molecular complexity index is 545. The summed E-state index contributed by atoms with van der Waals surface area (Å²) >= 11 is 2.93. The first-order valence-corrected chi connectivity index (χ1v) is 6.83. The number of hydrogen-bond acceptors (Lipinski definition) is 4. The first-order valence-electron chi connectivity index (χ1n) is 4.97. The molecule has 0 amide bonds. The first kappa shape index (κ1) is 12.1. The average Bonchev–Trinajstić information content (AvgIpc) is 2.76. The van der Waals surface area contributed by atoms with Gasteiger partial charge in [-0.05, 0) is 12.1 Å². The number of thiazole rings is 1. The van der Waals surface area contributed by atoms with Gasteiger partial charge in [-0.15, -0.1) is 23.1 Å². The van der Waals surface area contributed by atoms with Crippen LogP contribution < -0.4 is 0 Å². The molecule has 2 rings (SSSR count). The molecule has 0 unspecified atom stereocenters. The molecule has 0 aliphatic rings. The third-order valence-corrected chi connectivity index (χ3v) is 4.19. The molecule has 0 aliphatic carbocycles. The maximum Gasteiger partial charge on any atom is 0.136 e. The van der Waals surface area contributed by atoms with Crippen molar-refractivity contribution in [1.29, 1.82) is 5.26 Å². The quantitative estimate of drug-likeness (QED) is 0.791. The summed E-state index contributed by atoms with van der Waals surface area (Å²) in [6.45, 7) is 0. The van der Waals surface area contributed by atoms with E-state index in [1.165, 1.54) is 29.2 Å². The number of nitrogens with zero attached hydrogens (tertiary/aromatic N) is 2. The molecule has 0 radical (unpaired) electrons. The molecule has 1 aromatic carbocycles. The zero-order chi connectivity index (χ0) is 12.1. The lowest BCUT2D eigenvalue weighted by Crippen LogP contribution is -1.85. The van der Waals surface area contributed by atoms with Gasteiger partial charge >= 0.3 is 0 Å². The molecule has 0 atom stereocenters. The summed E-state index contributed by atoms with van der Waals surface area (Å²) in [4.78, 5) is 4.93. The second-order valence-corrected chi connectivity index (χ2v) is 5.25. The predicted octanol–water partition coefficient (Wildman–Crippen LogP) is 3.64. The number of thioether (sulfide) groups is 1. The lowest BCUT2D eigenvalue weighted by molar-refractivity contribution is 0.602. The van der Waals surface area contributed by atoms with Crippen LogP contribution in [0.4, 0.5) is 4.39 Å². The van der Waals surface area contributed by atoms with Crippen LogP contribution in [-0.2, 0) is 12.2 Å². The summed E-state index contributed by atoms with van der Waals surface area (Å²) in [5, 5.41) is 11.3. The zero-order valence-electron chi connectivity index (χ0n) is 8.89. The van der Waals surface area contributed by atoms with Gasteiger partial charge < -0.3 is 0 Å². The Morgan fingerprint density at radius 2 is 2.24 bits per heavy atom. The van der Waals surface area contributed by atoms with Crippen molar-refractivity contribution in [3.05, 3.63) is 46.2 Å². The topological polar surface area (TPSA) is 36.7 Å². The highest BCUT2D eigenvalue weighted by atomic mass is 32.2. The molecule has 0 saturated carbocycles. The van der Waals surface area contributed by atoms with Crippen molar-refractivity contribution < 1.29 is 4.39 Å². The molecule has 0 fully saturated rings. The monoisotopic (exact) mass is 264 g/mol. The summed E-state index contributed by atoms with van der Waals surface area (Å²) in [6, 6.07) is 8.75. The van der Waals surface area contributed by atoms with Crippen molar-refractivity contribution in [1.82, 2.24) is 4.98 Å². The van der Waals surface area contributed by atoms with Gasteiger partial charge in [0.1, 0.15) is 10.8 Å². The highest BCUT2D eigenvalue weighted by molar-refractivity contribution is 7.98. The average molecular weight is 264 g/mol. The zero-order valence-corrected chi connectivity index (χ0v) is 10.5. The number of halogens is 1. The summed E-state index contributed by atoms with van der Waals surface area (Å²) in [5.74, 6) is 0.433. The van der Waals surface area contributed by atoms with Gasteiger partial charge in [0.15, 0.2) is 0 Å². The molecule has 2 aromatic rings. The van der Waals surface area contributed by atoms with Crippen molar-refractivity contribution in [2.24, 2.45) is 0 Å². The largest absolute Gasteiger partial charge is 0.244 e. The van der Waals surface area contributed by atoms with Crippen LogP contribution in [0, 0.1) is 17.1 Å². The number of nitriles is 1. The van der Waals surface area contributed by atoms with E-state index in [1.54, 1.807) is 12.1 Å².